The Morgan fingerprint density at radius 1 is 1.33 bits per heavy atom. The van der Waals surface area contributed by atoms with Crippen molar-refractivity contribution in [3.05, 3.63) is 21.9 Å². The Balaban J connectivity index is 1.41. The standard InChI is InChI=1S/C17H25N3O2S2/c1-12-2-3-15(24-12)17(22)19-13-4-7-20(8-5-13)16(21)10-14-11-23-9-6-18-14/h2-3,13-14,18H,4-11H2,1H3,(H,19,22). The molecule has 0 aromatic carbocycles. The normalized spacial score (nSPS) is 22.4. The van der Waals surface area contributed by atoms with Gasteiger partial charge in [-0.3, -0.25) is 9.59 Å². The second-order valence-corrected chi connectivity index (χ2v) is 8.91. The molecule has 2 saturated heterocycles. The van der Waals surface area contributed by atoms with Crippen LogP contribution < -0.4 is 10.6 Å². The summed E-state index contributed by atoms with van der Waals surface area (Å²) in [4.78, 5) is 28.5. The van der Waals surface area contributed by atoms with E-state index in [1.54, 1.807) is 0 Å². The van der Waals surface area contributed by atoms with Crippen molar-refractivity contribution >= 4 is 34.9 Å². The van der Waals surface area contributed by atoms with Crippen LogP contribution in [0.4, 0.5) is 0 Å². The Kier molecular flexibility index (Phi) is 6.19. The minimum absolute atomic E-state index is 0.0151. The van der Waals surface area contributed by atoms with Gasteiger partial charge in [0.05, 0.1) is 4.88 Å². The monoisotopic (exact) mass is 367 g/mol. The Hall–Kier alpha value is -1.05. The summed E-state index contributed by atoms with van der Waals surface area (Å²) >= 11 is 3.44. The van der Waals surface area contributed by atoms with Crippen molar-refractivity contribution in [2.24, 2.45) is 0 Å². The van der Waals surface area contributed by atoms with Crippen LogP contribution in [0.3, 0.4) is 0 Å². The van der Waals surface area contributed by atoms with E-state index in [4.69, 9.17) is 0 Å². The van der Waals surface area contributed by atoms with Crippen LogP contribution in [0, 0.1) is 6.92 Å². The van der Waals surface area contributed by atoms with Crippen molar-refractivity contribution in [1.29, 1.82) is 0 Å². The molecule has 5 nitrogen and oxygen atoms in total. The van der Waals surface area contributed by atoms with Gasteiger partial charge in [0.25, 0.3) is 5.91 Å². The molecule has 0 saturated carbocycles. The van der Waals surface area contributed by atoms with Gasteiger partial charge in [-0.05, 0) is 31.9 Å². The molecule has 3 heterocycles. The summed E-state index contributed by atoms with van der Waals surface area (Å²) in [7, 11) is 0. The first-order valence-electron chi connectivity index (χ1n) is 8.58. The third-order valence-electron chi connectivity index (χ3n) is 4.57. The average molecular weight is 368 g/mol. The highest BCUT2D eigenvalue weighted by molar-refractivity contribution is 7.99. The van der Waals surface area contributed by atoms with Crippen LogP contribution in [0.2, 0.25) is 0 Å². The highest BCUT2D eigenvalue weighted by atomic mass is 32.2. The molecule has 0 radical (unpaired) electrons. The van der Waals surface area contributed by atoms with E-state index in [-0.39, 0.29) is 17.9 Å². The zero-order valence-corrected chi connectivity index (χ0v) is 15.7. The molecule has 1 unspecified atom stereocenters. The molecule has 2 amide bonds. The number of thiophene rings is 1. The molecule has 7 heteroatoms. The van der Waals surface area contributed by atoms with Crippen molar-refractivity contribution in [3.8, 4) is 0 Å². The zero-order valence-electron chi connectivity index (χ0n) is 14.0. The largest absolute Gasteiger partial charge is 0.348 e. The first kappa shape index (κ1) is 17.8. The first-order valence-corrected chi connectivity index (χ1v) is 10.5. The summed E-state index contributed by atoms with van der Waals surface area (Å²) in [6, 6.07) is 4.34. The third kappa shape index (κ3) is 4.74. The molecule has 2 fully saturated rings. The number of piperidine rings is 1. The summed E-state index contributed by atoms with van der Waals surface area (Å²) in [5.41, 5.74) is 0. The molecule has 2 aliphatic rings. The number of rotatable bonds is 4. The lowest BCUT2D eigenvalue weighted by Gasteiger charge is -2.33. The molecule has 0 bridgehead atoms. The van der Waals surface area contributed by atoms with Crippen LogP contribution in [0.1, 0.15) is 33.8 Å². The minimum atomic E-state index is 0.0151. The number of hydrogen-bond donors (Lipinski definition) is 2. The summed E-state index contributed by atoms with van der Waals surface area (Å²) in [5.74, 6) is 2.42. The van der Waals surface area contributed by atoms with E-state index in [0.29, 0.717) is 12.5 Å². The number of aryl methyl sites for hydroxylation is 1. The molecule has 24 heavy (non-hydrogen) atoms. The molecule has 2 N–H and O–H groups in total. The smallest absolute Gasteiger partial charge is 0.261 e. The molecule has 1 aromatic heterocycles. The number of nitrogens with zero attached hydrogens (tertiary/aromatic N) is 1. The Morgan fingerprint density at radius 3 is 2.75 bits per heavy atom. The SMILES string of the molecule is Cc1ccc(C(=O)NC2CCN(C(=O)CC3CSCCN3)CC2)s1. The van der Waals surface area contributed by atoms with Gasteiger partial charge < -0.3 is 15.5 Å². The van der Waals surface area contributed by atoms with Crippen LogP contribution >= 0.6 is 23.1 Å². The highest BCUT2D eigenvalue weighted by Gasteiger charge is 2.26. The lowest BCUT2D eigenvalue weighted by Crippen LogP contribution is -2.48. The maximum absolute atomic E-state index is 12.4. The Bertz CT molecular complexity index is 576. The maximum atomic E-state index is 12.4. The van der Waals surface area contributed by atoms with Gasteiger partial charge in [0.2, 0.25) is 5.91 Å². The Labute approximate surface area is 151 Å². The van der Waals surface area contributed by atoms with E-state index in [0.717, 1.165) is 53.7 Å². The van der Waals surface area contributed by atoms with E-state index < -0.39 is 0 Å². The van der Waals surface area contributed by atoms with Gasteiger partial charge in [-0.15, -0.1) is 11.3 Å². The summed E-state index contributed by atoms with van der Waals surface area (Å²) < 4.78 is 0. The molecular formula is C17H25N3O2S2. The number of likely N-dealkylation sites (tertiary alicyclic amines) is 1. The van der Waals surface area contributed by atoms with Crippen LogP contribution in [0.15, 0.2) is 12.1 Å². The van der Waals surface area contributed by atoms with Crippen molar-refractivity contribution < 1.29 is 9.59 Å². The summed E-state index contributed by atoms with van der Waals surface area (Å²) in [6.07, 6.45) is 2.28. The van der Waals surface area contributed by atoms with Crippen LogP contribution in [-0.2, 0) is 4.79 Å². The van der Waals surface area contributed by atoms with Crippen LogP contribution in [0.25, 0.3) is 0 Å². The van der Waals surface area contributed by atoms with E-state index in [9.17, 15) is 9.59 Å². The lowest BCUT2D eigenvalue weighted by molar-refractivity contribution is -0.132. The van der Waals surface area contributed by atoms with E-state index in [2.05, 4.69) is 10.6 Å². The molecule has 0 spiro atoms. The van der Waals surface area contributed by atoms with Crippen molar-refractivity contribution in [2.45, 2.75) is 38.3 Å². The number of carbonyl (C=O) groups is 2. The molecule has 2 aliphatic heterocycles. The average Bonchev–Trinajstić information content (AvgIpc) is 3.03. The summed E-state index contributed by atoms with van der Waals surface area (Å²) in [5, 5.41) is 6.53. The van der Waals surface area contributed by atoms with Gasteiger partial charge >= 0.3 is 0 Å². The fraction of sp³-hybridized carbons (Fsp3) is 0.647. The quantitative estimate of drug-likeness (QED) is 0.853. The fourth-order valence-electron chi connectivity index (χ4n) is 3.18. The van der Waals surface area contributed by atoms with Gasteiger partial charge in [-0.25, -0.2) is 0 Å². The molecule has 3 rings (SSSR count). The van der Waals surface area contributed by atoms with Crippen molar-refractivity contribution in [1.82, 2.24) is 15.5 Å². The van der Waals surface area contributed by atoms with E-state index >= 15 is 0 Å². The van der Waals surface area contributed by atoms with Gasteiger partial charge in [0, 0.05) is 54.5 Å². The number of hydrogen-bond acceptors (Lipinski definition) is 5. The van der Waals surface area contributed by atoms with Gasteiger partial charge in [0.1, 0.15) is 0 Å². The van der Waals surface area contributed by atoms with Gasteiger partial charge in [0.15, 0.2) is 0 Å². The topological polar surface area (TPSA) is 61.4 Å². The fourth-order valence-corrected chi connectivity index (χ4v) is 4.90. The van der Waals surface area contributed by atoms with Crippen molar-refractivity contribution in [3.63, 3.8) is 0 Å². The van der Waals surface area contributed by atoms with Crippen LogP contribution in [0.5, 0.6) is 0 Å². The highest BCUT2D eigenvalue weighted by Crippen LogP contribution is 2.18. The van der Waals surface area contributed by atoms with Gasteiger partial charge in [-0.2, -0.15) is 11.8 Å². The second-order valence-electron chi connectivity index (χ2n) is 6.47. The van der Waals surface area contributed by atoms with Crippen LogP contribution in [-0.4, -0.2) is 59.9 Å². The number of thioether (sulfide) groups is 1. The predicted octanol–water partition coefficient (Wildman–Crippen LogP) is 1.87. The number of amides is 2. The maximum Gasteiger partial charge on any atom is 0.261 e. The molecule has 1 atom stereocenters. The molecule has 132 valence electrons. The van der Waals surface area contributed by atoms with Gasteiger partial charge in [-0.1, -0.05) is 0 Å². The Morgan fingerprint density at radius 2 is 2.12 bits per heavy atom. The van der Waals surface area contributed by atoms with Crippen molar-refractivity contribution in [2.75, 3.05) is 31.1 Å². The number of carbonyl (C=O) groups excluding carboxylic acids is 2. The zero-order chi connectivity index (χ0) is 16.9. The van der Waals surface area contributed by atoms with E-state index in [1.165, 1.54) is 11.3 Å². The predicted molar refractivity (Wildman–Crippen MR) is 99.9 cm³/mol. The summed E-state index contributed by atoms with van der Waals surface area (Å²) in [6.45, 7) is 4.49. The van der Waals surface area contributed by atoms with E-state index in [1.807, 2.05) is 35.7 Å². The molecule has 0 aliphatic carbocycles. The molecule has 1 aromatic rings. The first-order chi connectivity index (χ1) is 11.6. The second kappa shape index (κ2) is 8.36. The third-order valence-corrected chi connectivity index (χ3v) is 6.70. The minimum Gasteiger partial charge on any atom is -0.348 e. The lowest BCUT2D eigenvalue weighted by atomic mass is 10.0. The molecular weight excluding hydrogens is 342 g/mol. The number of nitrogens with one attached hydrogen (secondary N) is 2.